The summed E-state index contributed by atoms with van der Waals surface area (Å²) in [6, 6.07) is 29.2. The quantitative estimate of drug-likeness (QED) is 0.184. The molecule has 1 fully saturated rings. The minimum Gasteiger partial charge on any atom is -0.374 e. The van der Waals surface area contributed by atoms with Crippen LogP contribution in [-0.2, 0) is 44.6 Å². The number of aromatic nitrogens is 2. The Hall–Kier alpha value is -2.15. The van der Waals surface area contributed by atoms with Crippen LogP contribution in [0.2, 0.25) is 10.3 Å². The molecule has 1 N–H and O–H groups in total. The summed E-state index contributed by atoms with van der Waals surface area (Å²) < 4.78 is 25.5. The van der Waals surface area contributed by atoms with Crippen molar-refractivity contribution < 1.29 is 24.1 Å². The monoisotopic (exact) mass is 692 g/mol. The number of rotatable bonds is 11. The Kier molecular flexibility index (Phi) is 10.0. The van der Waals surface area contributed by atoms with E-state index in [0.717, 1.165) is 16.7 Å². The van der Waals surface area contributed by atoms with E-state index in [1.807, 2.05) is 114 Å². The summed E-state index contributed by atoms with van der Waals surface area (Å²) >= 11 is 14.6. The first-order valence-corrected chi connectivity index (χ1v) is 14.5. The number of halogens is 3. The highest BCUT2D eigenvalue weighted by atomic mass is 127. The van der Waals surface area contributed by atoms with Gasteiger partial charge in [-0.2, -0.15) is 0 Å². The SMILES string of the molecule is OC1(c2nc(I)c(Cl)nc2Cl)O[C@H](COCc2ccccc2)[C@@H](OCc2ccccc2)[C@H]1OCc1ccccc1. The fraction of sp³-hybridized carbons (Fsp3) is 0.267. The van der Waals surface area contributed by atoms with E-state index >= 15 is 0 Å². The predicted molar refractivity (Wildman–Crippen MR) is 160 cm³/mol. The van der Waals surface area contributed by atoms with Gasteiger partial charge in [0.05, 0.1) is 26.4 Å². The molecule has 1 saturated heterocycles. The van der Waals surface area contributed by atoms with Gasteiger partial charge in [-0.05, 0) is 39.3 Å². The van der Waals surface area contributed by atoms with Crippen LogP contribution in [0.3, 0.4) is 0 Å². The highest BCUT2D eigenvalue weighted by Crippen LogP contribution is 2.43. The van der Waals surface area contributed by atoms with Crippen LogP contribution >= 0.6 is 45.8 Å². The second-order valence-electron chi connectivity index (χ2n) is 9.28. The number of ether oxygens (including phenoxy) is 4. The van der Waals surface area contributed by atoms with Crippen molar-refractivity contribution in [1.82, 2.24) is 9.97 Å². The third kappa shape index (κ3) is 7.00. The third-order valence-corrected chi connectivity index (χ3v) is 8.04. The molecule has 4 atom stereocenters. The standard InChI is InChI=1S/C30H27Cl2IN2O5/c31-27-25(34-29(33)28(32)35-27)30(36)26(39-18-22-14-8-3-9-15-22)24(38-17-21-12-6-2-7-13-21)23(40-30)19-37-16-20-10-4-1-5-11-20/h1-15,23-24,26,36H,16-19H2/t23-,24-,26-,30?/m1/s1. The van der Waals surface area contributed by atoms with Crippen molar-refractivity contribution >= 4 is 45.8 Å². The van der Waals surface area contributed by atoms with E-state index in [9.17, 15) is 5.11 Å². The first kappa shape index (κ1) is 29.3. The Balaban J connectivity index is 1.46. The molecule has 2 heterocycles. The number of hydrogen-bond acceptors (Lipinski definition) is 7. The molecule has 0 amide bonds. The van der Waals surface area contributed by atoms with Gasteiger partial charge in [0.1, 0.15) is 27.7 Å². The summed E-state index contributed by atoms with van der Waals surface area (Å²) in [4.78, 5) is 8.61. The minimum atomic E-state index is -2.09. The van der Waals surface area contributed by atoms with Gasteiger partial charge in [0.2, 0.25) is 5.79 Å². The molecule has 1 aromatic heterocycles. The molecule has 208 valence electrons. The zero-order valence-electron chi connectivity index (χ0n) is 21.3. The first-order valence-electron chi connectivity index (χ1n) is 12.7. The van der Waals surface area contributed by atoms with Gasteiger partial charge in [0, 0.05) is 0 Å². The van der Waals surface area contributed by atoms with Crippen LogP contribution in [0.4, 0.5) is 0 Å². The van der Waals surface area contributed by atoms with E-state index in [1.54, 1.807) is 0 Å². The first-order chi connectivity index (χ1) is 19.4. The van der Waals surface area contributed by atoms with Gasteiger partial charge in [-0.15, -0.1) is 0 Å². The number of benzene rings is 3. The normalized spacial score (nSPS) is 22.4. The van der Waals surface area contributed by atoms with Gasteiger partial charge in [-0.25, -0.2) is 9.97 Å². The van der Waals surface area contributed by atoms with Gasteiger partial charge in [-0.1, -0.05) is 114 Å². The van der Waals surface area contributed by atoms with Crippen molar-refractivity contribution in [2.75, 3.05) is 6.61 Å². The van der Waals surface area contributed by atoms with E-state index in [0.29, 0.717) is 10.3 Å². The number of nitrogens with zero attached hydrogens (tertiary/aromatic N) is 2. The molecule has 0 spiro atoms. The lowest BCUT2D eigenvalue weighted by Crippen LogP contribution is -2.45. The van der Waals surface area contributed by atoms with Crippen molar-refractivity contribution in [3.05, 3.63) is 127 Å². The summed E-state index contributed by atoms with van der Waals surface area (Å²) in [5.41, 5.74) is 2.89. The van der Waals surface area contributed by atoms with Crippen LogP contribution in [0.15, 0.2) is 91.0 Å². The Labute approximate surface area is 256 Å². The predicted octanol–water partition coefficient (Wildman–Crippen LogP) is 6.32. The van der Waals surface area contributed by atoms with Crippen LogP contribution in [0.1, 0.15) is 22.4 Å². The van der Waals surface area contributed by atoms with E-state index in [1.165, 1.54) is 0 Å². The lowest BCUT2D eigenvalue weighted by atomic mass is 10.0. The smallest absolute Gasteiger partial charge is 0.243 e. The molecule has 1 aliphatic heterocycles. The van der Waals surface area contributed by atoms with Gasteiger partial charge >= 0.3 is 0 Å². The van der Waals surface area contributed by atoms with Crippen molar-refractivity contribution in [2.45, 2.75) is 43.9 Å². The fourth-order valence-electron chi connectivity index (χ4n) is 4.50. The average Bonchev–Trinajstić information content (AvgIpc) is 3.25. The fourth-order valence-corrected chi connectivity index (χ4v) is 5.30. The Morgan fingerprint density at radius 1 is 0.750 bits per heavy atom. The van der Waals surface area contributed by atoms with Crippen molar-refractivity contribution in [3.8, 4) is 0 Å². The van der Waals surface area contributed by atoms with Crippen LogP contribution in [-0.4, -0.2) is 40.0 Å². The van der Waals surface area contributed by atoms with E-state index in [4.69, 9.17) is 42.1 Å². The topological polar surface area (TPSA) is 82.9 Å². The van der Waals surface area contributed by atoms with Crippen LogP contribution in [0.5, 0.6) is 0 Å². The molecule has 1 unspecified atom stereocenters. The van der Waals surface area contributed by atoms with Gasteiger partial charge in [-0.3, -0.25) is 0 Å². The maximum absolute atomic E-state index is 12.1. The van der Waals surface area contributed by atoms with Crippen molar-refractivity contribution in [1.29, 1.82) is 0 Å². The molecule has 10 heteroatoms. The molecule has 40 heavy (non-hydrogen) atoms. The largest absolute Gasteiger partial charge is 0.374 e. The molecule has 0 aliphatic carbocycles. The highest BCUT2D eigenvalue weighted by molar-refractivity contribution is 14.1. The van der Waals surface area contributed by atoms with Crippen LogP contribution < -0.4 is 0 Å². The summed E-state index contributed by atoms with van der Waals surface area (Å²) in [5.74, 6) is -2.09. The summed E-state index contributed by atoms with van der Waals surface area (Å²) in [5, 5.41) is 12.2. The highest BCUT2D eigenvalue weighted by Gasteiger charge is 2.59. The molecular weight excluding hydrogens is 666 g/mol. The maximum atomic E-state index is 12.1. The maximum Gasteiger partial charge on any atom is 0.243 e. The summed E-state index contributed by atoms with van der Waals surface area (Å²) in [7, 11) is 0. The van der Waals surface area contributed by atoms with Gasteiger partial charge in [0.25, 0.3) is 0 Å². The van der Waals surface area contributed by atoms with Gasteiger partial charge < -0.3 is 24.1 Å². The summed E-state index contributed by atoms with van der Waals surface area (Å²) in [6.07, 6.45) is -2.48. The lowest BCUT2D eigenvalue weighted by Gasteiger charge is -2.30. The molecule has 0 bridgehead atoms. The molecule has 0 saturated carbocycles. The Morgan fingerprint density at radius 3 is 1.85 bits per heavy atom. The van der Waals surface area contributed by atoms with E-state index in [-0.39, 0.29) is 35.8 Å². The minimum absolute atomic E-state index is 0.0000937. The molecule has 7 nitrogen and oxygen atoms in total. The second-order valence-corrected chi connectivity index (χ2v) is 11.0. The summed E-state index contributed by atoms with van der Waals surface area (Å²) in [6.45, 7) is 0.940. The van der Waals surface area contributed by atoms with Crippen molar-refractivity contribution in [3.63, 3.8) is 0 Å². The second kappa shape index (κ2) is 13.7. The lowest BCUT2D eigenvalue weighted by molar-refractivity contribution is -0.255. The molecular formula is C30H27Cl2IN2O5. The molecule has 0 radical (unpaired) electrons. The number of hydrogen-bond donors (Lipinski definition) is 1. The zero-order chi connectivity index (χ0) is 28.0. The zero-order valence-corrected chi connectivity index (χ0v) is 25.0. The van der Waals surface area contributed by atoms with Gasteiger partial charge in [0.15, 0.2) is 10.3 Å². The molecule has 1 aliphatic rings. The van der Waals surface area contributed by atoms with Crippen LogP contribution in [0, 0.1) is 3.70 Å². The molecule has 5 rings (SSSR count). The average molecular weight is 693 g/mol. The van der Waals surface area contributed by atoms with Crippen molar-refractivity contribution in [2.24, 2.45) is 0 Å². The molecule has 3 aromatic carbocycles. The van der Waals surface area contributed by atoms with Crippen LogP contribution in [0.25, 0.3) is 0 Å². The number of aliphatic hydroxyl groups is 1. The van der Waals surface area contributed by atoms with E-state index < -0.39 is 24.1 Å². The Morgan fingerprint density at radius 2 is 1.27 bits per heavy atom. The third-order valence-electron chi connectivity index (χ3n) is 6.44. The van der Waals surface area contributed by atoms with E-state index in [2.05, 4.69) is 9.97 Å². The molecule has 4 aromatic rings. The Bertz CT molecular complexity index is 1390.